The topological polar surface area (TPSA) is 72.3 Å². The summed E-state index contributed by atoms with van der Waals surface area (Å²) < 4.78 is 7.05. The van der Waals surface area contributed by atoms with Gasteiger partial charge in [-0.3, -0.25) is 4.79 Å². The van der Waals surface area contributed by atoms with E-state index in [1.165, 1.54) is 0 Å². The van der Waals surface area contributed by atoms with Crippen molar-refractivity contribution < 1.29 is 9.53 Å². The number of ether oxygens (including phenoxy) is 1. The number of allylic oxidation sites excluding steroid dienone is 1. The van der Waals surface area contributed by atoms with Gasteiger partial charge >= 0.3 is 0 Å². The van der Waals surface area contributed by atoms with E-state index < -0.39 is 0 Å². The summed E-state index contributed by atoms with van der Waals surface area (Å²) in [6.45, 7) is 6.94. The van der Waals surface area contributed by atoms with Crippen molar-refractivity contribution in [1.82, 2.24) is 19.7 Å². The van der Waals surface area contributed by atoms with E-state index in [4.69, 9.17) is 4.74 Å². The lowest BCUT2D eigenvalue weighted by molar-refractivity contribution is -0.131. The molecule has 1 aromatic rings. The summed E-state index contributed by atoms with van der Waals surface area (Å²) in [4.78, 5) is 18.8. The van der Waals surface area contributed by atoms with Crippen LogP contribution in [0.15, 0.2) is 11.3 Å². The minimum absolute atomic E-state index is 0.0671. The van der Waals surface area contributed by atoms with E-state index in [1.807, 2.05) is 18.7 Å². The van der Waals surface area contributed by atoms with Crippen LogP contribution in [0.5, 0.6) is 0 Å². The molecule has 0 spiro atoms. The van der Waals surface area contributed by atoms with E-state index in [2.05, 4.69) is 15.4 Å². The van der Waals surface area contributed by atoms with Gasteiger partial charge in [0.1, 0.15) is 0 Å². The highest BCUT2D eigenvalue weighted by molar-refractivity contribution is 5.95. The van der Waals surface area contributed by atoms with Gasteiger partial charge in [-0.1, -0.05) is 6.92 Å². The summed E-state index contributed by atoms with van der Waals surface area (Å²) in [5.74, 6) is 1.58. The van der Waals surface area contributed by atoms with Crippen molar-refractivity contribution >= 4 is 11.9 Å². The minimum atomic E-state index is 0.0671. The molecule has 0 bridgehead atoms. The summed E-state index contributed by atoms with van der Waals surface area (Å²) in [5.41, 5.74) is 1.62. The summed E-state index contributed by atoms with van der Waals surface area (Å²) in [7, 11) is 0. The van der Waals surface area contributed by atoms with Crippen molar-refractivity contribution in [2.45, 2.75) is 26.8 Å². The second-order valence-corrected chi connectivity index (χ2v) is 5.00. The van der Waals surface area contributed by atoms with Crippen LogP contribution in [-0.2, 0) is 22.5 Å². The van der Waals surface area contributed by atoms with Crippen LogP contribution in [0.1, 0.15) is 19.7 Å². The minimum Gasteiger partial charge on any atom is -0.378 e. The summed E-state index contributed by atoms with van der Waals surface area (Å²) >= 11 is 0. The van der Waals surface area contributed by atoms with Crippen LogP contribution in [0, 0.1) is 0 Å². The Morgan fingerprint density at radius 3 is 2.85 bits per heavy atom. The first kappa shape index (κ1) is 13.1. The van der Waals surface area contributed by atoms with Crippen LogP contribution >= 0.6 is 0 Å². The number of nitrogens with zero attached hydrogens (tertiary/aromatic N) is 4. The van der Waals surface area contributed by atoms with E-state index >= 15 is 0 Å². The first-order valence-corrected chi connectivity index (χ1v) is 6.96. The van der Waals surface area contributed by atoms with Crippen molar-refractivity contribution in [2.24, 2.45) is 0 Å². The number of aryl methyl sites for hydroxylation is 1. The maximum Gasteiger partial charge on any atom is 0.253 e. The van der Waals surface area contributed by atoms with Gasteiger partial charge < -0.3 is 15.0 Å². The van der Waals surface area contributed by atoms with Crippen molar-refractivity contribution in [3.05, 3.63) is 17.1 Å². The zero-order valence-electron chi connectivity index (χ0n) is 11.8. The van der Waals surface area contributed by atoms with Gasteiger partial charge in [0, 0.05) is 25.2 Å². The summed E-state index contributed by atoms with van der Waals surface area (Å²) in [6, 6.07) is 0. The van der Waals surface area contributed by atoms with Crippen molar-refractivity contribution in [3.8, 4) is 0 Å². The van der Waals surface area contributed by atoms with E-state index in [-0.39, 0.29) is 5.91 Å². The van der Waals surface area contributed by atoms with Gasteiger partial charge in [-0.2, -0.15) is 10.1 Å². The number of carbonyl (C=O) groups is 1. The zero-order chi connectivity index (χ0) is 14.1. The normalized spacial score (nSPS) is 18.8. The van der Waals surface area contributed by atoms with Crippen LogP contribution in [0.4, 0.5) is 5.95 Å². The number of rotatable bonds is 2. The molecule has 0 aromatic carbocycles. The van der Waals surface area contributed by atoms with E-state index in [1.54, 1.807) is 4.68 Å². The Morgan fingerprint density at radius 1 is 1.40 bits per heavy atom. The molecule has 1 saturated heterocycles. The lowest BCUT2D eigenvalue weighted by Gasteiger charge is -2.29. The molecule has 0 radical (unpaired) electrons. The molecular weight excluding hydrogens is 258 g/mol. The van der Waals surface area contributed by atoms with Crippen molar-refractivity contribution in [3.63, 3.8) is 0 Å². The van der Waals surface area contributed by atoms with Crippen molar-refractivity contribution in [1.29, 1.82) is 0 Å². The molecule has 0 saturated carbocycles. The third kappa shape index (κ3) is 2.29. The van der Waals surface area contributed by atoms with Crippen LogP contribution in [0.2, 0.25) is 0 Å². The van der Waals surface area contributed by atoms with Crippen LogP contribution in [-0.4, -0.2) is 51.9 Å². The highest BCUT2D eigenvalue weighted by Gasteiger charge is 2.27. The molecule has 3 rings (SSSR count). The van der Waals surface area contributed by atoms with E-state index in [0.717, 1.165) is 29.5 Å². The summed E-state index contributed by atoms with van der Waals surface area (Å²) in [5, 5.41) is 7.57. The lowest BCUT2D eigenvalue weighted by Crippen LogP contribution is -2.43. The Balaban J connectivity index is 1.80. The number of amides is 1. The Hall–Kier alpha value is -1.89. The number of fused-ring (bicyclic) bond motifs is 1. The fraction of sp³-hybridized carbons (Fsp3) is 0.615. The molecule has 1 fully saturated rings. The highest BCUT2D eigenvalue weighted by Crippen LogP contribution is 2.21. The largest absolute Gasteiger partial charge is 0.378 e. The third-order valence-electron chi connectivity index (χ3n) is 3.65. The molecular formula is C13H19N5O2. The Kier molecular flexibility index (Phi) is 3.43. The van der Waals surface area contributed by atoms with Crippen LogP contribution in [0.25, 0.3) is 0 Å². The third-order valence-corrected chi connectivity index (χ3v) is 3.65. The standard InChI is InChI=1S/C13H19N5O2/c1-3-11-15-13-14-9(2)10(8-18(13)16-11)12(19)17-4-6-20-7-5-17/h3-8H2,1-2H3,(H,14,15,16). The molecule has 0 unspecified atom stereocenters. The number of anilines is 1. The molecule has 1 aromatic heterocycles. The fourth-order valence-electron chi connectivity index (χ4n) is 2.44. The quantitative estimate of drug-likeness (QED) is 0.847. The Morgan fingerprint density at radius 2 is 2.15 bits per heavy atom. The Bertz CT molecular complexity index is 557. The number of morpholine rings is 1. The second kappa shape index (κ2) is 5.24. The smallest absolute Gasteiger partial charge is 0.253 e. The molecule has 7 nitrogen and oxygen atoms in total. The molecule has 3 heterocycles. The second-order valence-electron chi connectivity index (χ2n) is 5.00. The van der Waals surface area contributed by atoms with E-state index in [0.29, 0.717) is 32.8 Å². The molecule has 2 aliphatic rings. The molecule has 0 aliphatic carbocycles. The molecule has 20 heavy (non-hydrogen) atoms. The number of nitrogens with one attached hydrogen (secondary N) is 1. The first-order chi connectivity index (χ1) is 9.69. The molecule has 2 aliphatic heterocycles. The van der Waals surface area contributed by atoms with Gasteiger partial charge in [0.05, 0.1) is 25.3 Å². The molecule has 108 valence electrons. The fourth-order valence-corrected chi connectivity index (χ4v) is 2.44. The molecule has 7 heteroatoms. The molecule has 0 atom stereocenters. The van der Waals surface area contributed by atoms with Gasteiger partial charge in [-0.15, -0.1) is 0 Å². The SMILES string of the molecule is CCc1nc2n(n1)CC(C(=O)N1CCOCC1)=C(C)N2. The van der Waals surface area contributed by atoms with E-state index in [9.17, 15) is 4.79 Å². The number of hydrogen-bond donors (Lipinski definition) is 1. The Labute approximate surface area is 117 Å². The van der Waals surface area contributed by atoms with Crippen LogP contribution in [0.3, 0.4) is 0 Å². The van der Waals surface area contributed by atoms with Gasteiger partial charge in [-0.05, 0) is 6.92 Å². The average Bonchev–Trinajstić information content (AvgIpc) is 2.88. The van der Waals surface area contributed by atoms with Crippen molar-refractivity contribution in [2.75, 3.05) is 31.6 Å². The highest BCUT2D eigenvalue weighted by atomic mass is 16.5. The predicted molar refractivity (Wildman–Crippen MR) is 73.1 cm³/mol. The van der Waals surface area contributed by atoms with Gasteiger partial charge in [0.15, 0.2) is 5.82 Å². The van der Waals surface area contributed by atoms with Crippen LogP contribution < -0.4 is 5.32 Å². The first-order valence-electron chi connectivity index (χ1n) is 6.96. The molecule has 1 amide bonds. The number of aromatic nitrogens is 3. The lowest BCUT2D eigenvalue weighted by atomic mass is 10.1. The maximum atomic E-state index is 12.6. The van der Waals surface area contributed by atoms with Gasteiger partial charge in [-0.25, -0.2) is 4.68 Å². The predicted octanol–water partition coefficient (Wildman–Crippen LogP) is 0.399. The average molecular weight is 277 g/mol. The monoisotopic (exact) mass is 277 g/mol. The number of hydrogen-bond acceptors (Lipinski definition) is 5. The zero-order valence-corrected chi connectivity index (χ0v) is 11.8. The summed E-state index contributed by atoms with van der Waals surface area (Å²) in [6.07, 6.45) is 0.785. The van der Waals surface area contributed by atoms with Gasteiger partial charge in [0.2, 0.25) is 5.95 Å². The number of carbonyl (C=O) groups excluding carboxylic acids is 1. The molecule has 1 N–H and O–H groups in total. The maximum absolute atomic E-state index is 12.6. The van der Waals surface area contributed by atoms with Gasteiger partial charge in [0.25, 0.3) is 5.91 Å².